The summed E-state index contributed by atoms with van der Waals surface area (Å²) in [4.78, 5) is 4.34. The first-order chi connectivity index (χ1) is 9.20. The Labute approximate surface area is 120 Å². The van der Waals surface area contributed by atoms with E-state index in [1.54, 1.807) is 0 Å². The Morgan fingerprint density at radius 2 is 1.84 bits per heavy atom. The maximum absolute atomic E-state index is 6.25. The zero-order valence-electron chi connectivity index (χ0n) is 11.4. The Kier molecular flexibility index (Phi) is 4.75. The van der Waals surface area contributed by atoms with Gasteiger partial charge in [-0.05, 0) is 36.6 Å². The van der Waals surface area contributed by atoms with Crippen LogP contribution in [0.1, 0.15) is 24.5 Å². The lowest BCUT2D eigenvalue weighted by Gasteiger charge is -2.06. The van der Waals surface area contributed by atoms with Gasteiger partial charge in [-0.2, -0.15) is 0 Å². The van der Waals surface area contributed by atoms with Crippen molar-refractivity contribution in [1.82, 2.24) is 0 Å². The molecule has 0 aromatic heterocycles. The summed E-state index contributed by atoms with van der Waals surface area (Å²) in [5, 5.41) is 0.790. The van der Waals surface area contributed by atoms with Crippen LogP contribution < -0.4 is 0 Å². The standard InChI is InChI=1S/C17H18ClN/c1-3-10-19-12-14-5-7-15(8-6-14)16-11-13(2)4-9-17(16)18/h4-9,11-12H,3,10H2,1-2H3. The number of benzene rings is 2. The number of hydrogen-bond acceptors (Lipinski definition) is 1. The van der Waals surface area contributed by atoms with E-state index < -0.39 is 0 Å². The van der Waals surface area contributed by atoms with Crippen LogP contribution in [-0.4, -0.2) is 12.8 Å². The third-order valence-corrected chi connectivity index (χ3v) is 3.27. The molecule has 0 aliphatic rings. The second-order valence-electron chi connectivity index (χ2n) is 4.64. The number of rotatable bonds is 4. The van der Waals surface area contributed by atoms with E-state index in [4.69, 9.17) is 11.6 Å². The molecular weight excluding hydrogens is 254 g/mol. The van der Waals surface area contributed by atoms with Crippen molar-refractivity contribution in [2.45, 2.75) is 20.3 Å². The Balaban J connectivity index is 2.25. The Morgan fingerprint density at radius 1 is 1.11 bits per heavy atom. The number of aryl methyl sites for hydroxylation is 1. The third-order valence-electron chi connectivity index (χ3n) is 2.94. The molecule has 2 aromatic rings. The molecule has 0 aliphatic heterocycles. The first-order valence-corrected chi connectivity index (χ1v) is 6.95. The summed E-state index contributed by atoms with van der Waals surface area (Å²) in [5.74, 6) is 0. The molecule has 0 bridgehead atoms. The third kappa shape index (κ3) is 3.68. The molecule has 0 spiro atoms. The molecule has 98 valence electrons. The molecule has 0 atom stereocenters. The molecule has 2 rings (SSSR count). The number of aliphatic imine (C=N–C) groups is 1. The summed E-state index contributed by atoms with van der Waals surface area (Å²) in [6.45, 7) is 5.08. The van der Waals surface area contributed by atoms with Gasteiger partial charge < -0.3 is 0 Å². The lowest BCUT2D eigenvalue weighted by molar-refractivity contribution is 0.937. The molecule has 0 fully saturated rings. The van der Waals surface area contributed by atoms with Crippen LogP contribution in [0, 0.1) is 6.92 Å². The second-order valence-corrected chi connectivity index (χ2v) is 5.05. The monoisotopic (exact) mass is 271 g/mol. The maximum atomic E-state index is 6.25. The van der Waals surface area contributed by atoms with Crippen molar-refractivity contribution in [3.8, 4) is 11.1 Å². The van der Waals surface area contributed by atoms with E-state index in [0.717, 1.165) is 34.7 Å². The fraction of sp³-hybridized carbons (Fsp3) is 0.235. The van der Waals surface area contributed by atoms with Crippen LogP contribution in [-0.2, 0) is 0 Å². The molecule has 0 N–H and O–H groups in total. The predicted octanol–water partition coefficient (Wildman–Crippen LogP) is 5.14. The zero-order chi connectivity index (χ0) is 13.7. The molecule has 19 heavy (non-hydrogen) atoms. The normalized spacial score (nSPS) is 11.1. The topological polar surface area (TPSA) is 12.4 Å². The average Bonchev–Trinajstić information content (AvgIpc) is 2.43. The molecule has 2 aromatic carbocycles. The van der Waals surface area contributed by atoms with E-state index >= 15 is 0 Å². The van der Waals surface area contributed by atoms with E-state index in [1.807, 2.05) is 18.3 Å². The van der Waals surface area contributed by atoms with Crippen LogP contribution >= 0.6 is 11.6 Å². The number of nitrogens with zero attached hydrogens (tertiary/aromatic N) is 1. The molecule has 0 unspecified atom stereocenters. The molecule has 1 nitrogen and oxygen atoms in total. The van der Waals surface area contributed by atoms with Crippen molar-refractivity contribution in [2.75, 3.05) is 6.54 Å². The van der Waals surface area contributed by atoms with Crippen LogP contribution in [0.4, 0.5) is 0 Å². The van der Waals surface area contributed by atoms with Crippen LogP contribution in [0.25, 0.3) is 11.1 Å². The molecule has 0 radical (unpaired) electrons. The van der Waals surface area contributed by atoms with Gasteiger partial charge in [0.25, 0.3) is 0 Å². The number of hydrogen-bond donors (Lipinski definition) is 0. The van der Waals surface area contributed by atoms with Crippen molar-refractivity contribution in [1.29, 1.82) is 0 Å². The SMILES string of the molecule is CCCN=Cc1ccc(-c2cc(C)ccc2Cl)cc1. The minimum Gasteiger partial charge on any atom is -0.293 e. The highest BCUT2D eigenvalue weighted by molar-refractivity contribution is 6.33. The number of halogens is 1. The highest BCUT2D eigenvalue weighted by atomic mass is 35.5. The lowest BCUT2D eigenvalue weighted by Crippen LogP contribution is -1.85. The van der Waals surface area contributed by atoms with Gasteiger partial charge in [-0.3, -0.25) is 4.99 Å². The Hall–Kier alpha value is -1.60. The van der Waals surface area contributed by atoms with Gasteiger partial charge in [-0.15, -0.1) is 0 Å². The summed E-state index contributed by atoms with van der Waals surface area (Å²) in [7, 11) is 0. The molecule has 2 heteroatoms. The van der Waals surface area contributed by atoms with Gasteiger partial charge in [-0.1, -0.05) is 54.4 Å². The van der Waals surface area contributed by atoms with Gasteiger partial charge in [0.05, 0.1) is 0 Å². The van der Waals surface area contributed by atoms with Gasteiger partial charge >= 0.3 is 0 Å². The van der Waals surface area contributed by atoms with E-state index in [0.29, 0.717) is 0 Å². The fourth-order valence-corrected chi connectivity index (χ4v) is 2.13. The van der Waals surface area contributed by atoms with Crippen molar-refractivity contribution >= 4 is 17.8 Å². The van der Waals surface area contributed by atoms with Crippen LogP contribution in [0.5, 0.6) is 0 Å². The smallest absolute Gasteiger partial charge is 0.0484 e. The van der Waals surface area contributed by atoms with Crippen molar-refractivity contribution in [3.63, 3.8) is 0 Å². The second kappa shape index (κ2) is 6.53. The van der Waals surface area contributed by atoms with E-state index in [2.05, 4.69) is 49.2 Å². The van der Waals surface area contributed by atoms with Gasteiger partial charge in [0.1, 0.15) is 0 Å². The quantitative estimate of drug-likeness (QED) is 0.683. The molecule has 0 aliphatic carbocycles. The Bertz CT molecular complexity index is 570. The van der Waals surface area contributed by atoms with E-state index in [-0.39, 0.29) is 0 Å². The molecule has 0 heterocycles. The summed E-state index contributed by atoms with van der Waals surface area (Å²) >= 11 is 6.25. The maximum Gasteiger partial charge on any atom is 0.0484 e. The average molecular weight is 272 g/mol. The minimum atomic E-state index is 0.790. The van der Waals surface area contributed by atoms with Crippen molar-refractivity contribution in [2.24, 2.45) is 4.99 Å². The molecule has 0 saturated carbocycles. The molecular formula is C17H18ClN. The van der Waals surface area contributed by atoms with Crippen LogP contribution in [0.2, 0.25) is 5.02 Å². The molecule has 0 saturated heterocycles. The van der Waals surface area contributed by atoms with E-state index in [9.17, 15) is 0 Å². The predicted molar refractivity (Wildman–Crippen MR) is 84.4 cm³/mol. The Morgan fingerprint density at radius 3 is 2.53 bits per heavy atom. The van der Waals surface area contributed by atoms with Gasteiger partial charge in [0, 0.05) is 23.3 Å². The first kappa shape index (κ1) is 13.8. The first-order valence-electron chi connectivity index (χ1n) is 6.57. The van der Waals surface area contributed by atoms with Crippen molar-refractivity contribution < 1.29 is 0 Å². The lowest BCUT2D eigenvalue weighted by atomic mass is 10.0. The van der Waals surface area contributed by atoms with Gasteiger partial charge in [0.2, 0.25) is 0 Å². The minimum absolute atomic E-state index is 0.790. The zero-order valence-corrected chi connectivity index (χ0v) is 12.1. The van der Waals surface area contributed by atoms with Crippen molar-refractivity contribution in [3.05, 3.63) is 58.6 Å². The summed E-state index contributed by atoms with van der Waals surface area (Å²) in [5.41, 5.74) is 4.56. The summed E-state index contributed by atoms with van der Waals surface area (Å²) < 4.78 is 0. The van der Waals surface area contributed by atoms with Crippen LogP contribution in [0.3, 0.4) is 0 Å². The largest absolute Gasteiger partial charge is 0.293 e. The highest BCUT2D eigenvalue weighted by Crippen LogP contribution is 2.28. The fourth-order valence-electron chi connectivity index (χ4n) is 1.91. The highest BCUT2D eigenvalue weighted by Gasteiger charge is 2.03. The van der Waals surface area contributed by atoms with E-state index in [1.165, 1.54) is 5.56 Å². The molecule has 0 amide bonds. The van der Waals surface area contributed by atoms with Gasteiger partial charge in [0.15, 0.2) is 0 Å². The summed E-state index contributed by atoms with van der Waals surface area (Å²) in [6.07, 6.45) is 3.00. The summed E-state index contributed by atoms with van der Waals surface area (Å²) in [6, 6.07) is 14.4. The van der Waals surface area contributed by atoms with Crippen LogP contribution in [0.15, 0.2) is 47.5 Å². The van der Waals surface area contributed by atoms with Gasteiger partial charge in [-0.25, -0.2) is 0 Å².